The zero-order valence-corrected chi connectivity index (χ0v) is 15.5. The van der Waals surface area contributed by atoms with Crippen molar-refractivity contribution in [3.8, 4) is 5.75 Å². The second kappa shape index (κ2) is 9.52. The molecular formula is C23H31O. The molecule has 0 aliphatic heterocycles. The molecule has 129 valence electrons. The van der Waals surface area contributed by atoms with E-state index >= 15 is 0 Å². The molecule has 0 unspecified atom stereocenters. The van der Waals surface area contributed by atoms with E-state index in [2.05, 4.69) is 51.1 Å². The summed E-state index contributed by atoms with van der Waals surface area (Å²) in [5.74, 6) is 0.843. The smallest absolute Gasteiger partial charge is 0.128 e. The number of ether oxygens (including phenoxy) is 1. The first-order valence-corrected chi connectivity index (χ1v) is 9.31. The van der Waals surface area contributed by atoms with E-state index in [1.54, 1.807) is 0 Å². The van der Waals surface area contributed by atoms with Gasteiger partial charge in [-0.3, -0.25) is 0 Å². The highest BCUT2D eigenvalue weighted by Gasteiger charge is 2.20. The first-order chi connectivity index (χ1) is 11.6. The van der Waals surface area contributed by atoms with Crippen molar-refractivity contribution in [1.82, 2.24) is 0 Å². The molecule has 0 atom stereocenters. The highest BCUT2D eigenvalue weighted by atomic mass is 16.5. The zero-order valence-electron chi connectivity index (χ0n) is 15.5. The maximum absolute atomic E-state index is 5.93. The average Bonchev–Trinajstić information content (AvgIpc) is 2.61. The van der Waals surface area contributed by atoms with Gasteiger partial charge in [0.2, 0.25) is 0 Å². The second-order valence-corrected chi connectivity index (χ2v) is 7.25. The van der Waals surface area contributed by atoms with Crippen LogP contribution in [0.5, 0.6) is 5.75 Å². The van der Waals surface area contributed by atoms with Crippen LogP contribution in [0.2, 0.25) is 0 Å². The summed E-state index contributed by atoms with van der Waals surface area (Å²) in [5.41, 5.74) is 2.59. The van der Waals surface area contributed by atoms with Crippen LogP contribution in [0, 0.1) is 6.07 Å². The van der Waals surface area contributed by atoms with Crippen molar-refractivity contribution in [2.75, 3.05) is 0 Å². The molecule has 2 aromatic rings. The van der Waals surface area contributed by atoms with Crippen molar-refractivity contribution in [1.29, 1.82) is 0 Å². The topological polar surface area (TPSA) is 9.23 Å². The Kier molecular flexibility index (Phi) is 7.36. The van der Waals surface area contributed by atoms with Crippen molar-refractivity contribution in [2.45, 2.75) is 71.3 Å². The Morgan fingerprint density at radius 3 is 2.38 bits per heavy atom. The van der Waals surface area contributed by atoms with Crippen molar-refractivity contribution in [3.63, 3.8) is 0 Å². The lowest BCUT2D eigenvalue weighted by Crippen LogP contribution is -2.17. The monoisotopic (exact) mass is 323 g/mol. The van der Waals surface area contributed by atoms with E-state index in [1.165, 1.54) is 49.7 Å². The summed E-state index contributed by atoms with van der Waals surface area (Å²) in [6.07, 6.45) is 7.84. The van der Waals surface area contributed by atoms with Crippen LogP contribution < -0.4 is 4.74 Å². The first kappa shape index (κ1) is 18.6. The zero-order chi connectivity index (χ0) is 17.3. The Labute approximate surface area is 148 Å². The summed E-state index contributed by atoms with van der Waals surface area (Å²) in [6, 6.07) is 20.0. The van der Waals surface area contributed by atoms with Crippen LogP contribution in [-0.4, -0.2) is 0 Å². The molecule has 0 aromatic heterocycles. The van der Waals surface area contributed by atoms with Gasteiger partial charge in [-0.2, -0.15) is 0 Å². The highest BCUT2D eigenvalue weighted by molar-refractivity contribution is 5.31. The van der Waals surface area contributed by atoms with Crippen LogP contribution in [-0.2, 0) is 12.0 Å². The highest BCUT2D eigenvalue weighted by Crippen LogP contribution is 2.31. The van der Waals surface area contributed by atoms with Gasteiger partial charge in [0, 0.05) is 6.07 Å². The van der Waals surface area contributed by atoms with E-state index in [-0.39, 0.29) is 5.41 Å². The number of hydrogen-bond donors (Lipinski definition) is 0. The van der Waals surface area contributed by atoms with Crippen LogP contribution in [0.15, 0.2) is 48.5 Å². The summed E-state index contributed by atoms with van der Waals surface area (Å²) in [6.45, 7) is 7.50. The molecule has 1 nitrogen and oxygen atoms in total. The molecule has 0 saturated heterocycles. The number of benzene rings is 2. The summed E-state index contributed by atoms with van der Waals surface area (Å²) in [5, 5.41) is 0. The number of unbranched alkanes of at least 4 members (excludes halogenated alkanes) is 4. The minimum absolute atomic E-state index is 0.151. The molecule has 0 aliphatic carbocycles. The third-order valence-electron chi connectivity index (χ3n) is 4.64. The predicted molar refractivity (Wildman–Crippen MR) is 102 cm³/mol. The lowest BCUT2D eigenvalue weighted by Gasteiger charge is -2.25. The fraction of sp³-hybridized carbons (Fsp3) is 0.478. The van der Waals surface area contributed by atoms with Crippen LogP contribution in [0.3, 0.4) is 0 Å². The normalized spacial score (nSPS) is 11.5. The Morgan fingerprint density at radius 2 is 1.62 bits per heavy atom. The van der Waals surface area contributed by atoms with E-state index < -0.39 is 0 Å². The molecule has 2 rings (SSSR count). The summed E-state index contributed by atoms with van der Waals surface area (Å²) in [4.78, 5) is 0. The molecule has 0 heterocycles. The number of hydrogen-bond acceptors (Lipinski definition) is 1. The Hall–Kier alpha value is -1.76. The Bertz CT molecular complexity index is 586. The summed E-state index contributed by atoms with van der Waals surface area (Å²) in [7, 11) is 0. The molecule has 0 bridgehead atoms. The standard InChI is InChI=1S/C23H31O/c1-4-5-6-7-11-17-23(2,3)21-15-12-16-22(18-21)24-19-20-13-9-8-10-14-20/h8-10,12-16H,4-7,11,17,19H2,1-3H3. The van der Waals surface area contributed by atoms with Crippen molar-refractivity contribution in [2.24, 2.45) is 0 Å². The summed E-state index contributed by atoms with van der Waals surface area (Å²) >= 11 is 0. The fourth-order valence-electron chi connectivity index (χ4n) is 2.97. The number of rotatable bonds is 10. The van der Waals surface area contributed by atoms with Gasteiger partial charge >= 0.3 is 0 Å². The van der Waals surface area contributed by atoms with Gasteiger partial charge in [0.15, 0.2) is 0 Å². The molecule has 24 heavy (non-hydrogen) atoms. The average molecular weight is 324 g/mol. The van der Waals surface area contributed by atoms with Gasteiger partial charge in [-0.25, -0.2) is 0 Å². The predicted octanol–water partition coefficient (Wildman–Crippen LogP) is 6.70. The van der Waals surface area contributed by atoms with Gasteiger partial charge in [-0.15, -0.1) is 0 Å². The molecular weight excluding hydrogens is 292 g/mol. The second-order valence-electron chi connectivity index (χ2n) is 7.25. The van der Waals surface area contributed by atoms with Crippen molar-refractivity contribution < 1.29 is 4.74 Å². The molecule has 0 N–H and O–H groups in total. The largest absolute Gasteiger partial charge is 0.488 e. The van der Waals surface area contributed by atoms with Gasteiger partial charge in [0.05, 0.1) is 0 Å². The molecule has 0 amide bonds. The molecule has 1 heteroatoms. The molecule has 2 aromatic carbocycles. The Morgan fingerprint density at radius 1 is 0.875 bits per heavy atom. The first-order valence-electron chi connectivity index (χ1n) is 9.31. The summed E-state index contributed by atoms with van der Waals surface area (Å²) < 4.78 is 5.93. The lowest BCUT2D eigenvalue weighted by molar-refractivity contribution is 0.304. The minimum atomic E-state index is 0.151. The quantitative estimate of drug-likeness (QED) is 0.442. The van der Waals surface area contributed by atoms with Crippen LogP contribution >= 0.6 is 0 Å². The molecule has 1 radical (unpaired) electrons. The van der Waals surface area contributed by atoms with Gasteiger partial charge in [-0.05, 0) is 29.0 Å². The minimum Gasteiger partial charge on any atom is -0.488 e. The molecule has 0 aliphatic rings. The third-order valence-corrected chi connectivity index (χ3v) is 4.64. The van der Waals surface area contributed by atoms with Crippen LogP contribution in [0.1, 0.15) is 70.4 Å². The van der Waals surface area contributed by atoms with Crippen LogP contribution in [0.25, 0.3) is 0 Å². The van der Waals surface area contributed by atoms with Crippen LogP contribution in [0.4, 0.5) is 0 Å². The molecule has 0 fully saturated rings. The third kappa shape index (κ3) is 6.03. The fourth-order valence-corrected chi connectivity index (χ4v) is 2.97. The maximum atomic E-state index is 5.93. The van der Waals surface area contributed by atoms with E-state index in [1.807, 2.05) is 24.3 Å². The van der Waals surface area contributed by atoms with E-state index in [4.69, 9.17) is 4.74 Å². The van der Waals surface area contributed by atoms with E-state index in [9.17, 15) is 0 Å². The lowest BCUT2D eigenvalue weighted by atomic mass is 9.80. The molecule has 0 spiro atoms. The molecule has 0 saturated carbocycles. The van der Waals surface area contributed by atoms with E-state index in [0.717, 1.165) is 5.75 Å². The van der Waals surface area contributed by atoms with Gasteiger partial charge in [0.1, 0.15) is 12.4 Å². The maximum Gasteiger partial charge on any atom is 0.128 e. The SMILES string of the molecule is CCCCCCCC(C)(C)c1[c]c(OCc2ccccc2)ccc1. The van der Waals surface area contributed by atoms with Crippen molar-refractivity contribution >= 4 is 0 Å². The van der Waals surface area contributed by atoms with Gasteiger partial charge in [0.25, 0.3) is 0 Å². The Balaban J connectivity index is 1.90. The van der Waals surface area contributed by atoms with E-state index in [0.29, 0.717) is 6.61 Å². The van der Waals surface area contributed by atoms with Crippen molar-refractivity contribution in [3.05, 3.63) is 65.7 Å². The van der Waals surface area contributed by atoms with Gasteiger partial charge < -0.3 is 4.74 Å². The van der Waals surface area contributed by atoms with Gasteiger partial charge in [-0.1, -0.05) is 95.3 Å².